The number of rotatable bonds is 11. The van der Waals surface area contributed by atoms with Crippen LogP contribution in [0.1, 0.15) is 36.5 Å². The van der Waals surface area contributed by atoms with Gasteiger partial charge in [-0.1, -0.05) is 49.4 Å². The zero-order valence-electron chi connectivity index (χ0n) is 19.2. The molecular formula is C27H31N3O3. The zero-order valence-corrected chi connectivity index (χ0v) is 19.2. The molecule has 33 heavy (non-hydrogen) atoms. The third-order valence-corrected chi connectivity index (χ3v) is 5.46. The number of amides is 2. The molecule has 0 bridgehead atoms. The van der Waals surface area contributed by atoms with Gasteiger partial charge in [-0.15, -0.1) is 0 Å². The van der Waals surface area contributed by atoms with Crippen molar-refractivity contribution >= 4 is 11.8 Å². The average Bonchev–Trinajstić information content (AvgIpc) is 2.86. The van der Waals surface area contributed by atoms with Crippen molar-refractivity contribution in [2.24, 2.45) is 0 Å². The van der Waals surface area contributed by atoms with E-state index in [1.165, 1.54) is 0 Å². The fourth-order valence-electron chi connectivity index (χ4n) is 3.65. The smallest absolute Gasteiger partial charge is 0.243 e. The topological polar surface area (TPSA) is 71.5 Å². The predicted molar refractivity (Wildman–Crippen MR) is 128 cm³/mol. The molecule has 0 aliphatic rings. The molecule has 0 aliphatic heterocycles. The lowest BCUT2D eigenvalue weighted by atomic mass is 10.0. The first kappa shape index (κ1) is 24.0. The molecule has 172 valence electrons. The fourth-order valence-corrected chi connectivity index (χ4v) is 3.65. The van der Waals surface area contributed by atoms with Gasteiger partial charge in [0.25, 0.3) is 0 Å². The highest BCUT2D eigenvalue weighted by Crippen LogP contribution is 2.18. The first-order valence-electron chi connectivity index (χ1n) is 11.2. The number of hydrogen-bond donors (Lipinski definition) is 1. The Kier molecular flexibility index (Phi) is 9.00. The van der Waals surface area contributed by atoms with Gasteiger partial charge >= 0.3 is 0 Å². The number of aromatic nitrogens is 1. The van der Waals surface area contributed by atoms with Crippen LogP contribution < -0.4 is 10.1 Å². The van der Waals surface area contributed by atoms with E-state index >= 15 is 0 Å². The number of ether oxygens (including phenoxy) is 1. The van der Waals surface area contributed by atoms with Crippen LogP contribution in [0.2, 0.25) is 0 Å². The number of carbonyl (C=O) groups is 2. The quantitative estimate of drug-likeness (QED) is 0.481. The second-order valence-electron chi connectivity index (χ2n) is 7.90. The summed E-state index contributed by atoms with van der Waals surface area (Å²) >= 11 is 0. The average molecular weight is 446 g/mol. The van der Waals surface area contributed by atoms with E-state index in [0.717, 1.165) is 22.4 Å². The van der Waals surface area contributed by atoms with Crippen LogP contribution in [0.25, 0.3) is 0 Å². The van der Waals surface area contributed by atoms with E-state index < -0.39 is 6.04 Å². The molecule has 3 aromatic rings. The van der Waals surface area contributed by atoms with Crippen LogP contribution >= 0.6 is 0 Å². The zero-order chi connectivity index (χ0) is 23.5. The molecule has 0 aliphatic carbocycles. The van der Waals surface area contributed by atoms with Crippen molar-refractivity contribution in [3.05, 3.63) is 95.8 Å². The van der Waals surface area contributed by atoms with Gasteiger partial charge in [-0.3, -0.25) is 14.6 Å². The van der Waals surface area contributed by atoms with Crippen molar-refractivity contribution in [1.29, 1.82) is 0 Å². The summed E-state index contributed by atoms with van der Waals surface area (Å²) in [5, 5.41) is 3.02. The Balaban J connectivity index is 1.87. The maximum atomic E-state index is 13.4. The third kappa shape index (κ3) is 7.17. The summed E-state index contributed by atoms with van der Waals surface area (Å²) in [5.74, 6) is 0.544. The molecule has 0 unspecified atom stereocenters. The van der Waals surface area contributed by atoms with Gasteiger partial charge in [0, 0.05) is 38.3 Å². The van der Waals surface area contributed by atoms with Gasteiger partial charge in [-0.25, -0.2) is 0 Å². The summed E-state index contributed by atoms with van der Waals surface area (Å²) in [7, 11) is 1.62. The maximum Gasteiger partial charge on any atom is 0.243 e. The van der Waals surface area contributed by atoms with Crippen molar-refractivity contribution < 1.29 is 14.3 Å². The number of pyridine rings is 1. The van der Waals surface area contributed by atoms with Crippen LogP contribution in [-0.4, -0.2) is 34.8 Å². The number of carbonyl (C=O) groups excluding carboxylic acids is 2. The second-order valence-corrected chi connectivity index (χ2v) is 7.90. The van der Waals surface area contributed by atoms with E-state index in [1.807, 2.05) is 73.7 Å². The Morgan fingerprint density at radius 1 is 0.939 bits per heavy atom. The molecule has 6 nitrogen and oxygen atoms in total. The van der Waals surface area contributed by atoms with E-state index in [1.54, 1.807) is 24.4 Å². The number of methoxy groups -OCH3 is 1. The number of benzene rings is 2. The molecule has 0 saturated carbocycles. The lowest BCUT2D eigenvalue weighted by Gasteiger charge is -2.31. The SMILES string of the molecule is CCCC(=O)N(Cc1ccc(OC)cc1)[C@H](Cc1ccccc1)C(=O)NCc1ccncc1. The summed E-state index contributed by atoms with van der Waals surface area (Å²) in [6, 6.07) is 20.5. The molecule has 1 aromatic heterocycles. The van der Waals surface area contributed by atoms with Gasteiger partial charge in [0.1, 0.15) is 11.8 Å². The predicted octanol–water partition coefficient (Wildman–Crippen LogP) is 4.15. The number of nitrogens with one attached hydrogen (secondary N) is 1. The first-order valence-corrected chi connectivity index (χ1v) is 11.2. The van der Waals surface area contributed by atoms with Gasteiger partial charge in [0.15, 0.2) is 0 Å². The van der Waals surface area contributed by atoms with E-state index in [2.05, 4.69) is 10.3 Å². The molecule has 0 spiro atoms. The molecule has 1 heterocycles. The third-order valence-electron chi connectivity index (χ3n) is 5.46. The van der Waals surface area contributed by atoms with Gasteiger partial charge < -0.3 is 15.0 Å². The normalized spacial score (nSPS) is 11.5. The molecule has 0 radical (unpaired) electrons. The van der Waals surface area contributed by atoms with Gasteiger partial charge in [0.05, 0.1) is 7.11 Å². The number of hydrogen-bond acceptors (Lipinski definition) is 4. The van der Waals surface area contributed by atoms with Crippen LogP contribution in [0.4, 0.5) is 0 Å². The van der Waals surface area contributed by atoms with Gasteiger partial charge in [0.2, 0.25) is 11.8 Å². The van der Waals surface area contributed by atoms with Crippen molar-refractivity contribution in [3.63, 3.8) is 0 Å². The monoisotopic (exact) mass is 445 g/mol. The van der Waals surface area contributed by atoms with Crippen LogP contribution in [0.3, 0.4) is 0 Å². The summed E-state index contributed by atoms with van der Waals surface area (Å²) in [4.78, 5) is 32.3. The minimum Gasteiger partial charge on any atom is -0.497 e. The molecule has 1 atom stereocenters. The minimum atomic E-state index is -0.629. The molecule has 2 aromatic carbocycles. The van der Waals surface area contributed by atoms with E-state index in [9.17, 15) is 9.59 Å². The van der Waals surface area contributed by atoms with Crippen LogP contribution in [0, 0.1) is 0 Å². The molecular weight excluding hydrogens is 414 g/mol. The summed E-state index contributed by atoms with van der Waals surface area (Å²) < 4.78 is 5.25. The number of nitrogens with zero attached hydrogens (tertiary/aromatic N) is 2. The Morgan fingerprint density at radius 2 is 1.64 bits per heavy atom. The summed E-state index contributed by atoms with van der Waals surface area (Å²) in [5.41, 5.74) is 2.91. The Hall–Kier alpha value is -3.67. The minimum absolute atomic E-state index is 0.0340. The van der Waals surface area contributed by atoms with Crippen molar-refractivity contribution in [3.8, 4) is 5.75 Å². The van der Waals surface area contributed by atoms with Crippen LogP contribution in [0.15, 0.2) is 79.1 Å². The van der Waals surface area contributed by atoms with Gasteiger partial charge in [-0.2, -0.15) is 0 Å². The first-order chi connectivity index (χ1) is 16.1. The van der Waals surface area contributed by atoms with Crippen LogP contribution in [0.5, 0.6) is 5.75 Å². The molecule has 2 amide bonds. The Bertz CT molecular complexity index is 1010. The summed E-state index contributed by atoms with van der Waals surface area (Å²) in [6.07, 6.45) is 4.94. The highest BCUT2D eigenvalue weighted by molar-refractivity contribution is 5.88. The highest BCUT2D eigenvalue weighted by Gasteiger charge is 2.29. The van der Waals surface area contributed by atoms with Crippen molar-refractivity contribution in [2.45, 2.75) is 45.3 Å². The van der Waals surface area contributed by atoms with E-state index in [4.69, 9.17) is 4.74 Å². The Morgan fingerprint density at radius 3 is 2.27 bits per heavy atom. The molecule has 0 fully saturated rings. The fraction of sp³-hybridized carbons (Fsp3) is 0.296. The highest BCUT2D eigenvalue weighted by atomic mass is 16.5. The largest absolute Gasteiger partial charge is 0.497 e. The standard InChI is InChI=1S/C27H31N3O3/c1-3-7-26(31)30(20-23-10-12-24(33-2)13-11-23)25(18-21-8-5-4-6-9-21)27(32)29-19-22-14-16-28-17-15-22/h4-6,8-17,25H,3,7,18-20H2,1-2H3,(H,29,32)/t25-/m1/s1. The molecule has 1 N–H and O–H groups in total. The lowest BCUT2D eigenvalue weighted by molar-refractivity contribution is -0.141. The lowest BCUT2D eigenvalue weighted by Crippen LogP contribution is -2.50. The maximum absolute atomic E-state index is 13.4. The van der Waals surface area contributed by atoms with E-state index in [0.29, 0.717) is 32.4 Å². The summed E-state index contributed by atoms with van der Waals surface area (Å²) in [6.45, 7) is 2.70. The van der Waals surface area contributed by atoms with Crippen LogP contribution in [-0.2, 0) is 29.1 Å². The van der Waals surface area contributed by atoms with E-state index in [-0.39, 0.29) is 11.8 Å². The molecule has 3 rings (SSSR count). The van der Waals surface area contributed by atoms with Crippen molar-refractivity contribution in [1.82, 2.24) is 15.2 Å². The second kappa shape index (κ2) is 12.4. The molecule has 0 saturated heterocycles. The molecule has 6 heteroatoms. The van der Waals surface area contributed by atoms with Gasteiger partial charge in [-0.05, 0) is 47.4 Å². The Labute approximate surface area is 195 Å². The van der Waals surface area contributed by atoms with Crippen molar-refractivity contribution in [2.75, 3.05) is 7.11 Å².